The monoisotopic (exact) mass is 415 g/mol. The van der Waals surface area contributed by atoms with Gasteiger partial charge in [-0.05, 0) is 29.8 Å². The lowest BCUT2D eigenvalue weighted by atomic mass is 9.83. The van der Waals surface area contributed by atoms with Crippen LogP contribution in [0.3, 0.4) is 0 Å². The Morgan fingerprint density at radius 1 is 1.29 bits per heavy atom. The van der Waals surface area contributed by atoms with E-state index in [1.807, 2.05) is 0 Å². The SMILES string of the molecule is COc1ccc(C(=O)Nc2cnc3c(c2)CNCC3(C)C)cc1C(F)(F)F.Cl. The van der Waals surface area contributed by atoms with Crippen molar-refractivity contribution in [3.63, 3.8) is 0 Å². The molecule has 1 aliphatic rings. The van der Waals surface area contributed by atoms with Crippen LogP contribution >= 0.6 is 12.4 Å². The lowest BCUT2D eigenvalue weighted by Crippen LogP contribution is -2.39. The zero-order valence-electron chi connectivity index (χ0n) is 15.6. The van der Waals surface area contributed by atoms with Crippen molar-refractivity contribution in [2.75, 3.05) is 19.0 Å². The molecule has 0 aliphatic carbocycles. The van der Waals surface area contributed by atoms with E-state index in [-0.39, 0.29) is 29.1 Å². The van der Waals surface area contributed by atoms with Gasteiger partial charge < -0.3 is 15.4 Å². The van der Waals surface area contributed by atoms with E-state index in [1.54, 1.807) is 6.07 Å². The molecular formula is C19H21ClF3N3O2. The lowest BCUT2D eigenvalue weighted by Gasteiger charge is -2.32. The third-order valence-corrected chi connectivity index (χ3v) is 4.52. The molecule has 0 saturated carbocycles. The fourth-order valence-corrected chi connectivity index (χ4v) is 3.19. The smallest absolute Gasteiger partial charge is 0.419 e. The molecule has 2 aromatic rings. The number of benzene rings is 1. The maximum Gasteiger partial charge on any atom is 0.419 e. The van der Waals surface area contributed by atoms with Gasteiger partial charge in [0.25, 0.3) is 5.91 Å². The van der Waals surface area contributed by atoms with E-state index in [2.05, 4.69) is 29.5 Å². The molecule has 0 spiro atoms. The van der Waals surface area contributed by atoms with Gasteiger partial charge in [-0.25, -0.2) is 0 Å². The summed E-state index contributed by atoms with van der Waals surface area (Å²) in [7, 11) is 1.15. The maximum absolute atomic E-state index is 13.1. The van der Waals surface area contributed by atoms with Crippen LogP contribution in [0.2, 0.25) is 0 Å². The predicted molar refractivity (Wildman–Crippen MR) is 102 cm³/mol. The van der Waals surface area contributed by atoms with E-state index < -0.39 is 17.6 Å². The highest BCUT2D eigenvalue weighted by molar-refractivity contribution is 6.04. The second-order valence-electron chi connectivity index (χ2n) is 7.09. The van der Waals surface area contributed by atoms with Crippen molar-refractivity contribution in [3.05, 3.63) is 52.8 Å². The molecular weight excluding hydrogens is 395 g/mol. The van der Waals surface area contributed by atoms with Crippen molar-refractivity contribution in [1.82, 2.24) is 10.3 Å². The van der Waals surface area contributed by atoms with Gasteiger partial charge in [0.05, 0.1) is 30.3 Å². The third kappa shape index (κ3) is 4.39. The van der Waals surface area contributed by atoms with Gasteiger partial charge in [0, 0.05) is 24.1 Å². The Hall–Kier alpha value is -2.32. The molecule has 1 amide bonds. The average molecular weight is 416 g/mol. The van der Waals surface area contributed by atoms with E-state index in [0.717, 1.165) is 37.0 Å². The molecule has 2 heterocycles. The Labute approximate surface area is 167 Å². The van der Waals surface area contributed by atoms with Crippen LogP contribution < -0.4 is 15.4 Å². The number of amides is 1. The van der Waals surface area contributed by atoms with Crippen LogP contribution in [0.15, 0.2) is 30.5 Å². The highest BCUT2D eigenvalue weighted by Gasteiger charge is 2.35. The molecule has 0 bridgehead atoms. The first-order chi connectivity index (χ1) is 12.6. The number of nitrogens with zero attached hydrogens (tertiary/aromatic N) is 1. The van der Waals surface area contributed by atoms with Crippen molar-refractivity contribution in [3.8, 4) is 5.75 Å². The molecule has 0 fully saturated rings. The molecule has 1 aromatic carbocycles. The van der Waals surface area contributed by atoms with Gasteiger partial charge in [-0.3, -0.25) is 9.78 Å². The number of hydrogen-bond donors (Lipinski definition) is 2. The third-order valence-electron chi connectivity index (χ3n) is 4.52. The predicted octanol–water partition coefficient (Wildman–Crippen LogP) is 4.16. The van der Waals surface area contributed by atoms with Crippen LogP contribution in [0.5, 0.6) is 5.75 Å². The van der Waals surface area contributed by atoms with Gasteiger partial charge in [-0.1, -0.05) is 13.8 Å². The van der Waals surface area contributed by atoms with Crippen LogP contribution in [0.25, 0.3) is 0 Å². The number of pyridine rings is 1. The Kier molecular flexibility index (Phi) is 6.25. The van der Waals surface area contributed by atoms with Crippen LogP contribution in [0.4, 0.5) is 18.9 Å². The number of methoxy groups -OCH3 is 1. The number of ether oxygens (including phenoxy) is 1. The largest absolute Gasteiger partial charge is 0.496 e. The molecule has 28 heavy (non-hydrogen) atoms. The first-order valence-electron chi connectivity index (χ1n) is 8.38. The molecule has 0 unspecified atom stereocenters. The van der Waals surface area contributed by atoms with Gasteiger partial charge in [0.2, 0.25) is 0 Å². The molecule has 0 atom stereocenters. The quantitative estimate of drug-likeness (QED) is 0.790. The molecule has 9 heteroatoms. The van der Waals surface area contributed by atoms with Gasteiger partial charge in [-0.15, -0.1) is 12.4 Å². The summed E-state index contributed by atoms with van der Waals surface area (Å²) in [4.78, 5) is 16.9. The first-order valence-corrected chi connectivity index (χ1v) is 8.38. The number of aromatic nitrogens is 1. The average Bonchev–Trinajstić information content (AvgIpc) is 2.60. The number of carbonyl (C=O) groups is 1. The second kappa shape index (κ2) is 7.97. The maximum atomic E-state index is 13.1. The second-order valence-corrected chi connectivity index (χ2v) is 7.09. The van der Waals surface area contributed by atoms with Crippen molar-refractivity contribution in [2.45, 2.75) is 32.0 Å². The Bertz CT molecular complexity index is 885. The van der Waals surface area contributed by atoms with E-state index in [0.29, 0.717) is 12.2 Å². The molecule has 2 N–H and O–H groups in total. The minimum absolute atomic E-state index is 0. The molecule has 1 aromatic heterocycles. The summed E-state index contributed by atoms with van der Waals surface area (Å²) in [6.45, 7) is 5.56. The van der Waals surface area contributed by atoms with Crippen LogP contribution in [-0.2, 0) is 18.1 Å². The summed E-state index contributed by atoms with van der Waals surface area (Å²) in [6, 6.07) is 5.00. The molecule has 3 rings (SSSR count). The summed E-state index contributed by atoms with van der Waals surface area (Å²) in [6.07, 6.45) is -3.09. The normalized spacial score (nSPS) is 15.2. The number of rotatable bonds is 3. The zero-order valence-corrected chi connectivity index (χ0v) is 16.4. The lowest BCUT2D eigenvalue weighted by molar-refractivity contribution is -0.138. The van der Waals surface area contributed by atoms with Crippen molar-refractivity contribution in [2.24, 2.45) is 0 Å². The summed E-state index contributed by atoms with van der Waals surface area (Å²) in [5.74, 6) is -0.976. The van der Waals surface area contributed by atoms with Crippen molar-refractivity contribution in [1.29, 1.82) is 0 Å². The van der Waals surface area contributed by atoms with Crippen molar-refractivity contribution < 1.29 is 22.7 Å². The number of fused-ring (bicyclic) bond motifs is 1. The van der Waals surface area contributed by atoms with Crippen molar-refractivity contribution >= 4 is 24.0 Å². The molecule has 0 radical (unpaired) electrons. The van der Waals surface area contributed by atoms with Gasteiger partial charge in [-0.2, -0.15) is 13.2 Å². The van der Waals surface area contributed by atoms with E-state index in [9.17, 15) is 18.0 Å². The highest BCUT2D eigenvalue weighted by Crippen LogP contribution is 2.37. The summed E-state index contributed by atoms with van der Waals surface area (Å²) >= 11 is 0. The number of hydrogen-bond acceptors (Lipinski definition) is 4. The van der Waals surface area contributed by atoms with Crippen LogP contribution in [0.1, 0.15) is 41.0 Å². The zero-order chi connectivity index (χ0) is 19.8. The van der Waals surface area contributed by atoms with Crippen LogP contribution in [-0.4, -0.2) is 24.5 Å². The van der Waals surface area contributed by atoms with E-state index >= 15 is 0 Å². The minimum Gasteiger partial charge on any atom is -0.496 e. The Balaban J connectivity index is 0.00000280. The van der Waals surface area contributed by atoms with E-state index in [4.69, 9.17) is 4.74 Å². The standard InChI is InChI=1S/C19H20F3N3O2.ClH/c1-18(2)10-23-8-12-6-13(9-24-16(12)18)25-17(26)11-4-5-15(27-3)14(7-11)19(20,21)22;/h4-7,9,23H,8,10H2,1-3H3,(H,25,26);1H. The summed E-state index contributed by atoms with van der Waals surface area (Å²) in [5.41, 5.74) is 1.10. The first kappa shape index (κ1) is 22.0. The summed E-state index contributed by atoms with van der Waals surface area (Å²) < 4.78 is 44.2. The number of anilines is 1. The number of nitrogens with one attached hydrogen (secondary N) is 2. The van der Waals surface area contributed by atoms with Crippen LogP contribution in [0, 0.1) is 0 Å². The van der Waals surface area contributed by atoms with Gasteiger partial charge in [0.15, 0.2) is 0 Å². The van der Waals surface area contributed by atoms with Gasteiger partial charge in [0.1, 0.15) is 5.75 Å². The molecule has 1 aliphatic heterocycles. The number of carbonyl (C=O) groups excluding carboxylic acids is 1. The fraction of sp³-hybridized carbons (Fsp3) is 0.368. The van der Waals surface area contributed by atoms with E-state index in [1.165, 1.54) is 12.3 Å². The van der Waals surface area contributed by atoms with Gasteiger partial charge >= 0.3 is 6.18 Å². The topological polar surface area (TPSA) is 63.2 Å². The highest BCUT2D eigenvalue weighted by atomic mass is 35.5. The number of alkyl halides is 3. The minimum atomic E-state index is -4.62. The Morgan fingerprint density at radius 2 is 2.00 bits per heavy atom. The Morgan fingerprint density at radius 3 is 2.64 bits per heavy atom. The molecule has 5 nitrogen and oxygen atoms in total. The molecule has 152 valence electrons. The molecule has 0 saturated heterocycles. The summed E-state index contributed by atoms with van der Waals surface area (Å²) in [5, 5.41) is 5.90. The fourth-order valence-electron chi connectivity index (χ4n) is 3.19. The number of halogens is 4.